The normalized spacial score (nSPS) is 19.6. The maximum Gasteiger partial charge on any atom is 0.242 e. The number of nitrogens with zero attached hydrogens (tertiary/aromatic N) is 1. The third-order valence-electron chi connectivity index (χ3n) is 3.82. The van der Waals surface area contributed by atoms with Crippen LogP contribution in [0, 0.1) is 0 Å². The monoisotopic (exact) mass is 321 g/mol. The molecule has 0 aromatic heterocycles. The third-order valence-corrected chi connectivity index (χ3v) is 4.47. The fraction of sp³-hybridized carbons (Fsp3) is 0.500. The van der Waals surface area contributed by atoms with Gasteiger partial charge in [-0.2, -0.15) is 11.8 Å². The molecule has 6 heteroatoms. The molecule has 0 bridgehead atoms. The van der Waals surface area contributed by atoms with Crippen LogP contribution in [0.5, 0.6) is 0 Å². The second-order valence-corrected chi connectivity index (χ2v) is 6.40. The second kappa shape index (κ2) is 8.19. The molecule has 2 rings (SSSR count). The van der Waals surface area contributed by atoms with Gasteiger partial charge in [-0.3, -0.25) is 9.59 Å². The number of carbonyl (C=O) groups excluding carboxylic acids is 2. The zero-order valence-electron chi connectivity index (χ0n) is 12.8. The summed E-state index contributed by atoms with van der Waals surface area (Å²) >= 11 is 1.67. The topological polar surface area (TPSA) is 75.4 Å². The first-order chi connectivity index (χ1) is 10.6. The predicted molar refractivity (Wildman–Crippen MR) is 89.6 cm³/mol. The van der Waals surface area contributed by atoms with E-state index in [2.05, 4.69) is 5.32 Å². The Bertz CT molecular complexity index is 509. The van der Waals surface area contributed by atoms with Gasteiger partial charge in [-0.15, -0.1) is 0 Å². The highest BCUT2D eigenvalue weighted by Gasteiger charge is 2.34. The smallest absolute Gasteiger partial charge is 0.242 e. The summed E-state index contributed by atoms with van der Waals surface area (Å²) in [5.41, 5.74) is 7.12. The summed E-state index contributed by atoms with van der Waals surface area (Å²) in [6, 6.07) is 8.72. The molecule has 0 unspecified atom stereocenters. The molecule has 0 saturated carbocycles. The number of carbonyl (C=O) groups is 2. The number of nitrogens with two attached hydrogens (primary N) is 1. The minimum Gasteiger partial charge on any atom is -0.353 e. The zero-order chi connectivity index (χ0) is 15.9. The number of piperazine rings is 1. The molecule has 3 N–H and O–H groups in total. The van der Waals surface area contributed by atoms with Crippen LogP contribution in [0.4, 0.5) is 0 Å². The summed E-state index contributed by atoms with van der Waals surface area (Å²) in [4.78, 5) is 26.3. The van der Waals surface area contributed by atoms with Crippen LogP contribution in [0.2, 0.25) is 0 Å². The van der Waals surface area contributed by atoms with Gasteiger partial charge in [0.2, 0.25) is 11.8 Å². The van der Waals surface area contributed by atoms with E-state index in [0.717, 1.165) is 11.3 Å². The molecule has 1 aromatic rings. The van der Waals surface area contributed by atoms with Gasteiger partial charge in [0.05, 0.1) is 6.04 Å². The van der Waals surface area contributed by atoms with E-state index in [9.17, 15) is 9.59 Å². The molecule has 0 spiro atoms. The molecule has 1 aromatic carbocycles. The van der Waals surface area contributed by atoms with Gasteiger partial charge in [0, 0.05) is 13.1 Å². The van der Waals surface area contributed by atoms with Crippen molar-refractivity contribution >= 4 is 23.6 Å². The van der Waals surface area contributed by atoms with Crippen molar-refractivity contribution < 1.29 is 9.59 Å². The Morgan fingerprint density at radius 2 is 2.18 bits per heavy atom. The lowest BCUT2D eigenvalue weighted by molar-refractivity contribution is -0.144. The molecule has 1 saturated heterocycles. The van der Waals surface area contributed by atoms with E-state index in [1.807, 2.05) is 36.6 Å². The van der Waals surface area contributed by atoms with E-state index < -0.39 is 12.1 Å². The quantitative estimate of drug-likeness (QED) is 0.806. The molecule has 2 amide bonds. The minimum atomic E-state index is -0.606. The molecular weight excluding hydrogens is 298 g/mol. The van der Waals surface area contributed by atoms with Gasteiger partial charge in [0.25, 0.3) is 0 Å². The number of thioether (sulfide) groups is 1. The van der Waals surface area contributed by atoms with Gasteiger partial charge in [0.15, 0.2) is 0 Å². The number of nitrogens with one attached hydrogen (secondary N) is 1. The number of benzene rings is 1. The Kier molecular flexibility index (Phi) is 6.27. The molecule has 5 nitrogen and oxygen atoms in total. The summed E-state index contributed by atoms with van der Waals surface area (Å²) in [6.07, 6.45) is 3.15. The van der Waals surface area contributed by atoms with Crippen LogP contribution >= 0.6 is 11.8 Å². The number of rotatable bonds is 6. The maximum atomic E-state index is 12.6. The molecule has 1 heterocycles. The molecule has 22 heavy (non-hydrogen) atoms. The lowest BCUT2D eigenvalue weighted by atomic mass is 10.0. The number of hydrogen-bond donors (Lipinski definition) is 2. The van der Waals surface area contributed by atoms with Gasteiger partial charge < -0.3 is 16.0 Å². The summed E-state index contributed by atoms with van der Waals surface area (Å²) in [7, 11) is 0. The zero-order valence-corrected chi connectivity index (χ0v) is 13.6. The number of amides is 2. The summed E-state index contributed by atoms with van der Waals surface area (Å²) in [6.45, 7) is 1.03. The standard InChI is InChI=1S/C16H23N3O2S/c1-22-10-7-14-15(20)18-8-9-19(14)16(21)13(17)11-12-5-3-2-4-6-12/h2-6,13-14H,7-11,17H2,1H3,(H,18,20)/t13-,14+/m0/s1. The number of hydrogen-bond acceptors (Lipinski definition) is 4. The van der Waals surface area contributed by atoms with Crippen molar-refractivity contribution in [2.75, 3.05) is 25.1 Å². The Balaban J connectivity index is 2.03. The largest absolute Gasteiger partial charge is 0.353 e. The highest BCUT2D eigenvalue weighted by atomic mass is 32.2. The van der Waals surface area contributed by atoms with Gasteiger partial charge in [0.1, 0.15) is 6.04 Å². The third kappa shape index (κ3) is 4.24. The Morgan fingerprint density at radius 1 is 1.45 bits per heavy atom. The molecule has 1 aliphatic heterocycles. The van der Waals surface area contributed by atoms with Crippen molar-refractivity contribution in [1.29, 1.82) is 0 Å². The van der Waals surface area contributed by atoms with Crippen LogP contribution in [0.3, 0.4) is 0 Å². The molecule has 1 fully saturated rings. The molecule has 0 aliphatic carbocycles. The van der Waals surface area contributed by atoms with Gasteiger partial charge in [-0.25, -0.2) is 0 Å². The SMILES string of the molecule is CSCC[C@@H]1C(=O)NCCN1C(=O)[C@@H](N)Cc1ccccc1. The molecular formula is C16H23N3O2S. The van der Waals surface area contributed by atoms with E-state index in [1.165, 1.54) is 0 Å². The van der Waals surface area contributed by atoms with E-state index in [0.29, 0.717) is 25.9 Å². The first kappa shape index (κ1) is 16.8. The summed E-state index contributed by atoms with van der Waals surface area (Å²) in [5, 5.41) is 2.83. The van der Waals surface area contributed by atoms with Crippen molar-refractivity contribution in [3.63, 3.8) is 0 Å². The fourth-order valence-electron chi connectivity index (χ4n) is 2.66. The highest BCUT2D eigenvalue weighted by molar-refractivity contribution is 7.98. The predicted octanol–water partition coefficient (Wildman–Crippen LogP) is 0.637. The van der Waals surface area contributed by atoms with Crippen molar-refractivity contribution in [3.05, 3.63) is 35.9 Å². The van der Waals surface area contributed by atoms with Crippen molar-refractivity contribution in [1.82, 2.24) is 10.2 Å². The lowest BCUT2D eigenvalue weighted by Crippen LogP contribution is -2.60. The van der Waals surface area contributed by atoms with Crippen LogP contribution in [0.15, 0.2) is 30.3 Å². The lowest BCUT2D eigenvalue weighted by Gasteiger charge is -2.36. The summed E-state index contributed by atoms with van der Waals surface area (Å²) in [5.74, 6) is 0.640. The van der Waals surface area contributed by atoms with Crippen LogP contribution in [0.25, 0.3) is 0 Å². The molecule has 120 valence electrons. The first-order valence-corrected chi connectivity index (χ1v) is 8.89. The van der Waals surface area contributed by atoms with Gasteiger partial charge >= 0.3 is 0 Å². The van der Waals surface area contributed by atoms with Crippen LogP contribution < -0.4 is 11.1 Å². The summed E-state index contributed by atoms with van der Waals surface area (Å²) < 4.78 is 0. The van der Waals surface area contributed by atoms with Crippen LogP contribution in [0.1, 0.15) is 12.0 Å². The fourth-order valence-corrected chi connectivity index (χ4v) is 3.12. The van der Waals surface area contributed by atoms with E-state index in [-0.39, 0.29) is 11.8 Å². The molecule has 0 radical (unpaired) electrons. The second-order valence-electron chi connectivity index (χ2n) is 5.42. The van der Waals surface area contributed by atoms with E-state index in [1.54, 1.807) is 16.7 Å². The van der Waals surface area contributed by atoms with Gasteiger partial charge in [-0.1, -0.05) is 30.3 Å². The highest BCUT2D eigenvalue weighted by Crippen LogP contribution is 2.14. The molecule has 2 atom stereocenters. The minimum absolute atomic E-state index is 0.0689. The van der Waals surface area contributed by atoms with Gasteiger partial charge in [-0.05, 0) is 30.4 Å². The Hall–Kier alpha value is -1.53. The van der Waals surface area contributed by atoms with Crippen molar-refractivity contribution in [3.8, 4) is 0 Å². The van der Waals surface area contributed by atoms with Crippen LogP contribution in [-0.2, 0) is 16.0 Å². The first-order valence-electron chi connectivity index (χ1n) is 7.50. The van der Waals surface area contributed by atoms with Crippen LogP contribution in [-0.4, -0.2) is 53.9 Å². The molecule has 1 aliphatic rings. The average Bonchev–Trinajstić information content (AvgIpc) is 2.53. The maximum absolute atomic E-state index is 12.6. The average molecular weight is 321 g/mol. The van der Waals surface area contributed by atoms with E-state index >= 15 is 0 Å². The van der Waals surface area contributed by atoms with Crippen molar-refractivity contribution in [2.24, 2.45) is 5.73 Å². The van der Waals surface area contributed by atoms with Crippen molar-refractivity contribution in [2.45, 2.75) is 24.9 Å². The Labute approximate surface area is 135 Å². The van der Waals surface area contributed by atoms with E-state index in [4.69, 9.17) is 5.73 Å². The Morgan fingerprint density at radius 3 is 2.86 bits per heavy atom.